The molecular formula is C15H16N4O. The molecule has 1 N–H and O–H groups in total. The first-order chi connectivity index (χ1) is 9.63. The van der Waals surface area contributed by atoms with Crippen molar-refractivity contribution < 1.29 is 4.74 Å². The highest BCUT2D eigenvalue weighted by Crippen LogP contribution is 2.22. The van der Waals surface area contributed by atoms with E-state index in [1.165, 1.54) is 6.20 Å². The van der Waals surface area contributed by atoms with Crippen molar-refractivity contribution >= 4 is 5.82 Å². The molecule has 0 saturated carbocycles. The van der Waals surface area contributed by atoms with Crippen molar-refractivity contribution in [3.05, 3.63) is 36.0 Å². The first-order valence-corrected chi connectivity index (χ1v) is 6.36. The van der Waals surface area contributed by atoms with Gasteiger partial charge in [0, 0.05) is 12.6 Å². The lowest BCUT2D eigenvalue weighted by atomic mass is 10.2. The molecule has 0 bridgehead atoms. The van der Waals surface area contributed by atoms with Gasteiger partial charge in [0.15, 0.2) is 5.82 Å². The molecule has 0 aliphatic heterocycles. The molecule has 1 heterocycles. The molecule has 102 valence electrons. The molecule has 0 unspecified atom stereocenters. The standard InChI is InChI=1S/C15H16N4O/c1-10(2)20-13-6-4-11(5-7-13)15-18-9-12(8-16)14(17-3)19-15/h4-7,9-10H,1-3H3,(H,17,18,19). The Balaban J connectivity index is 2.30. The number of nitrogens with one attached hydrogen (secondary N) is 1. The van der Waals surface area contributed by atoms with E-state index < -0.39 is 0 Å². The lowest BCUT2D eigenvalue weighted by molar-refractivity contribution is 0.242. The van der Waals surface area contributed by atoms with Crippen LogP contribution in [0.1, 0.15) is 19.4 Å². The van der Waals surface area contributed by atoms with Crippen molar-refractivity contribution in [2.45, 2.75) is 20.0 Å². The van der Waals surface area contributed by atoms with E-state index in [1.807, 2.05) is 44.2 Å². The summed E-state index contributed by atoms with van der Waals surface area (Å²) in [4.78, 5) is 8.54. The average molecular weight is 268 g/mol. The molecule has 0 amide bonds. The molecule has 1 aromatic carbocycles. The highest BCUT2D eigenvalue weighted by atomic mass is 16.5. The smallest absolute Gasteiger partial charge is 0.161 e. The van der Waals surface area contributed by atoms with E-state index in [4.69, 9.17) is 10.00 Å². The Morgan fingerprint density at radius 3 is 2.50 bits per heavy atom. The summed E-state index contributed by atoms with van der Waals surface area (Å²) in [6, 6.07) is 9.62. The highest BCUT2D eigenvalue weighted by Gasteiger charge is 2.07. The fraction of sp³-hybridized carbons (Fsp3) is 0.267. The monoisotopic (exact) mass is 268 g/mol. The summed E-state index contributed by atoms with van der Waals surface area (Å²) in [5.41, 5.74) is 1.30. The lowest BCUT2D eigenvalue weighted by Gasteiger charge is -2.10. The maximum atomic E-state index is 8.94. The molecule has 0 aliphatic rings. The minimum Gasteiger partial charge on any atom is -0.491 e. The van der Waals surface area contributed by atoms with Gasteiger partial charge in [-0.3, -0.25) is 0 Å². The summed E-state index contributed by atoms with van der Waals surface area (Å²) < 4.78 is 5.59. The van der Waals surface area contributed by atoms with E-state index in [-0.39, 0.29) is 6.10 Å². The zero-order chi connectivity index (χ0) is 14.5. The van der Waals surface area contributed by atoms with Crippen molar-refractivity contribution in [1.82, 2.24) is 9.97 Å². The Kier molecular flexibility index (Phi) is 4.16. The van der Waals surface area contributed by atoms with E-state index in [2.05, 4.69) is 15.3 Å². The average Bonchev–Trinajstić information content (AvgIpc) is 2.46. The molecule has 5 nitrogen and oxygen atoms in total. The fourth-order valence-corrected chi connectivity index (χ4v) is 1.75. The fourth-order valence-electron chi connectivity index (χ4n) is 1.75. The second-order valence-corrected chi connectivity index (χ2v) is 4.51. The largest absolute Gasteiger partial charge is 0.491 e. The quantitative estimate of drug-likeness (QED) is 0.923. The van der Waals surface area contributed by atoms with Gasteiger partial charge in [0.1, 0.15) is 23.2 Å². The van der Waals surface area contributed by atoms with Crippen LogP contribution in [0.15, 0.2) is 30.5 Å². The maximum Gasteiger partial charge on any atom is 0.161 e. The number of benzene rings is 1. The van der Waals surface area contributed by atoms with Crippen LogP contribution in [-0.2, 0) is 0 Å². The van der Waals surface area contributed by atoms with Gasteiger partial charge in [0.2, 0.25) is 0 Å². The first-order valence-electron chi connectivity index (χ1n) is 6.36. The molecule has 0 radical (unpaired) electrons. The van der Waals surface area contributed by atoms with Gasteiger partial charge in [-0.1, -0.05) is 0 Å². The van der Waals surface area contributed by atoms with Crippen molar-refractivity contribution in [3.8, 4) is 23.2 Å². The first kappa shape index (κ1) is 13.8. The maximum absolute atomic E-state index is 8.94. The van der Waals surface area contributed by atoms with Crippen LogP contribution in [0.2, 0.25) is 0 Å². The van der Waals surface area contributed by atoms with Crippen LogP contribution in [0.25, 0.3) is 11.4 Å². The van der Waals surface area contributed by atoms with Crippen molar-refractivity contribution in [2.75, 3.05) is 12.4 Å². The van der Waals surface area contributed by atoms with E-state index >= 15 is 0 Å². The Morgan fingerprint density at radius 2 is 1.95 bits per heavy atom. The molecule has 5 heteroatoms. The van der Waals surface area contributed by atoms with Crippen LogP contribution in [0.3, 0.4) is 0 Å². The summed E-state index contributed by atoms with van der Waals surface area (Å²) in [5, 5.41) is 11.8. The van der Waals surface area contributed by atoms with E-state index in [0.717, 1.165) is 11.3 Å². The molecule has 2 aromatic rings. The molecule has 2 rings (SSSR count). The zero-order valence-electron chi connectivity index (χ0n) is 11.7. The van der Waals surface area contributed by atoms with Crippen LogP contribution in [0.4, 0.5) is 5.82 Å². The third-order valence-corrected chi connectivity index (χ3v) is 2.63. The second kappa shape index (κ2) is 6.02. The van der Waals surface area contributed by atoms with Gasteiger partial charge in [0.05, 0.1) is 12.3 Å². The number of hydrogen-bond donors (Lipinski definition) is 1. The second-order valence-electron chi connectivity index (χ2n) is 4.51. The predicted molar refractivity (Wildman–Crippen MR) is 77.5 cm³/mol. The number of nitrogens with zero attached hydrogens (tertiary/aromatic N) is 3. The van der Waals surface area contributed by atoms with Crippen LogP contribution in [0.5, 0.6) is 5.75 Å². The summed E-state index contributed by atoms with van der Waals surface area (Å²) >= 11 is 0. The topological polar surface area (TPSA) is 70.8 Å². The molecule has 0 aliphatic carbocycles. The Bertz CT molecular complexity index is 629. The normalized spacial score (nSPS) is 10.2. The Morgan fingerprint density at radius 1 is 1.25 bits per heavy atom. The predicted octanol–water partition coefficient (Wildman–Crippen LogP) is 2.84. The number of nitriles is 1. The SMILES string of the molecule is CNc1nc(-c2ccc(OC(C)C)cc2)ncc1C#N. The summed E-state index contributed by atoms with van der Waals surface area (Å²) in [7, 11) is 1.73. The van der Waals surface area contributed by atoms with Gasteiger partial charge in [-0.15, -0.1) is 0 Å². The molecule has 0 saturated heterocycles. The van der Waals surface area contributed by atoms with E-state index in [0.29, 0.717) is 17.2 Å². The van der Waals surface area contributed by atoms with Crippen LogP contribution < -0.4 is 10.1 Å². The molecule has 0 atom stereocenters. The summed E-state index contributed by atoms with van der Waals surface area (Å²) in [6.45, 7) is 3.97. The van der Waals surface area contributed by atoms with Crippen LogP contribution in [0, 0.1) is 11.3 Å². The Labute approximate surface area is 118 Å². The number of aromatic nitrogens is 2. The van der Waals surface area contributed by atoms with E-state index in [1.54, 1.807) is 7.05 Å². The van der Waals surface area contributed by atoms with Crippen molar-refractivity contribution in [3.63, 3.8) is 0 Å². The van der Waals surface area contributed by atoms with Crippen LogP contribution in [-0.4, -0.2) is 23.1 Å². The minimum absolute atomic E-state index is 0.142. The van der Waals surface area contributed by atoms with Gasteiger partial charge < -0.3 is 10.1 Å². The third kappa shape index (κ3) is 3.04. The van der Waals surface area contributed by atoms with Gasteiger partial charge in [-0.2, -0.15) is 5.26 Å². The van der Waals surface area contributed by atoms with Gasteiger partial charge in [-0.05, 0) is 38.1 Å². The number of anilines is 1. The highest BCUT2D eigenvalue weighted by molar-refractivity contribution is 5.61. The van der Waals surface area contributed by atoms with Crippen LogP contribution >= 0.6 is 0 Å². The Hall–Kier alpha value is -2.61. The van der Waals surface area contributed by atoms with Gasteiger partial charge in [0.25, 0.3) is 0 Å². The number of ether oxygens (including phenoxy) is 1. The molecular weight excluding hydrogens is 252 g/mol. The summed E-state index contributed by atoms with van der Waals surface area (Å²) in [6.07, 6.45) is 1.66. The number of rotatable bonds is 4. The third-order valence-electron chi connectivity index (χ3n) is 2.63. The van der Waals surface area contributed by atoms with E-state index in [9.17, 15) is 0 Å². The number of hydrogen-bond acceptors (Lipinski definition) is 5. The minimum atomic E-state index is 0.142. The van der Waals surface area contributed by atoms with Gasteiger partial charge >= 0.3 is 0 Å². The molecule has 0 spiro atoms. The molecule has 0 fully saturated rings. The summed E-state index contributed by atoms with van der Waals surface area (Å²) in [5.74, 6) is 1.91. The zero-order valence-corrected chi connectivity index (χ0v) is 11.7. The lowest BCUT2D eigenvalue weighted by Crippen LogP contribution is -2.05. The van der Waals surface area contributed by atoms with Crippen molar-refractivity contribution in [1.29, 1.82) is 5.26 Å². The molecule has 1 aromatic heterocycles. The van der Waals surface area contributed by atoms with Gasteiger partial charge in [-0.25, -0.2) is 9.97 Å². The van der Waals surface area contributed by atoms with Crippen molar-refractivity contribution in [2.24, 2.45) is 0 Å². The molecule has 20 heavy (non-hydrogen) atoms.